The molecule has 2 aromatic carbocycles. The minimum Gasteiger partial charge on any atom is -0.355 e. The predicted molar refractivity (Wildman–Crippen MR) is 125 cm³/mol. The summed E-state index contributed by atoms with van der Waals surface area (Å²) in [7, 11) is 0. The van der Waals surface area contributed by atoms with Gasteiger partial charge in [0.2, 0.25) is 5.91 Å². The van der Waals surface area contributed by atoms with Crippen molar-refractivity contribution in [3.63, 3.8) is 0 Å². The van der Waals surface area contributed by atoms with Gasteiger partial charge in [0.1, 0.15) is 5.82 Å². The Kier molecular flexibility index (Phi) is 5.65. The highest BCUT2D eigenvalue weighted by molar-refractivity contribution is 5.79. The molecule has 3 heterocycles. The van der Waals surface area contributed by atoms with E-state index in [1.807, 2.05) is 66.7 Å². The summed E-state index contributed by atoms with van der Waals surface area (Å²) in [5.41, 5.74) is 2.87. The number of benzene rings is 2. The molecule has 1 aliphatic rings. The lowest BCUT2D eigenvalue weighted by atomic mass is 9.96. The van der Waals surface area contributed by atoms with Gasteiger partial charge < -0.3 is 20.5 Å². The molecule has 0 unspecified atom stereocenters. The van der Waals surface area contributed by atoms with Gasteiger partial charge >= 0.3 is 0 Å². The SMILES string of the molecule is O=C(NCc1nc2ccccc2[nH]1)C1CCN(c2ccc(Nc3ccccc3)nn2)CC1. The number of fused-ring (bicyclic) bond motifs is 1. The van der Waals surface area contributed by atoms with E-state index in [0.29, 0.717) is 12.4 Å². The molecule has 8 nitrogen and oxygen atoms in total. The van der Waals surface area contributed by atoms with Crippen molar-refractivity contribution in [3.05, 3.63) is 72.6 Å². The Labute approximate surface area is 186 Å². The number of piperidine rings is 1. The molecule has 0 saturated carbocycles. The van der Waals surface area contributed by atoms with E-state index in [1.165, 1.54) is 0 Å². The van der Waals surface area contributed by atoms with Gasteiger partial charge in [-0.05, 0) is 49.2 Å². The maximum atomic E-state index is 12.6. The van der Waals surface area contributed by atoms with Gasteiger partial charge in [-0.3, -0.25) is 4.79 Å². The quantitative estimate of drug-likeness (QED) is 0.435. The number of nitrogens with zero attached hydrogens (tertiary/aromatic N) is 4. The van der Waals surface area contributed by atoms with Gasteiger partial charge in [-0.2, -0.15) is 0 Å². The second-order valence-corrected chi connectivity index (χ2v) is 7.95. The number of aromatic nitrogens is 4. The van der Waals surface area contributed by atoms with Crippen LogP contribution >= 0.6 is 0 Å². The number of anilines is 3. The minimum absolute atomic E-state index is 0.00241. The molecule has 8 heteroatoms. The van der Waals surface area contributed by atoms with Crippen molar-refractivity contribution in [2.75, 3.05) is 23.3 Å². The van der Waals surface area contributed by atoms with Crippen LogP contribution in [0.3, 0.4) is 0 Å². The van der Waals surface area contributed by atoms with E-state index in [9.17, 15) is 4.79 Å². The van der Waals surface area contributed by atoms with Crippen molar-refractivity contribution in [1.29, 1.82) is 0 Å². The number of carbonyl (C=O) groups is 1. The molecular weight excluding hydrogens is 402 g/mol. The van der Waals surface area contributed by atoms with Gasteiger partial charge in [0, 0.05) is 24.7 Å². The van der Waals surface area contributed by atoms with Crippen molar-refractivity contribution in [3.8, 4) is 0 Å². The smallest absolute Gasteiger partial charge is 0.223 e. The van der Waals surface area contributed by atoms with Crippen LogP contribution in [0.4, 0.5) is 17.3 Å². The van der Waals surface area contributed by atoms with Gasteiger partial charge in [-0.15, -0.1) is 10.2 Å². The Morgan fingerprint density at radius 2 is 1.75 bits per heavy atom. The van der Waals surface area contributed by atoms with E-state index in [1.54, 1.807) is 0 Å². The van der Waals surface area contributed by atoms with Crippen LogP contribution in [0.2, 0.25) is 0 Å². The van der Waals surface area contributed by atoms with Crippen LogP contribution < -0.4 is 15.5 Å². The Bertz CT molecular complexity index is 1150. The number of rotatable bonds is 6. The standard InChI is InChI=1S/C24H25N7O/c32-24(25-16-22-27-19-8-4-5-9-20(19)28-22)17-12-14-31(15-13-17)23-11-10-21(29-30-23)26-18-6-2-1-3-7-18/h1-11,17H,12-16H2,(H,25,32)(H,26,29)(H,27,28). The van der Waals surface area contributed by atoms with Gasteiger partial charge in [0.05, 0.1) is 17.6 Å². The van der Waals surface area contributed by atoms with E-state index in [-0.39, 0.29) is 11.8 Å². The highest BCUT2D eigenvalue weighted by atomic mass is 16.1. The normalized spacial score (nSPS) is 14.4. The second-order valence-electron chi connectivity index (χ2n) is 7.95. The average Bonchev–Trinajstić information content (AvgIpc) is 3.27. The number of H-pyrrole nitrogens is 1. The molecule has 0 aliphatic carbocycles. The summed E-state index contributed by atoms with van der Waals surface area (Å²) in [6.07, 6.45) is 1.58. The Morgan fingerprint density at radius 1 is 0.969 bits per heavy atom. The molecule has 0 radical (unpaired) electrons. The number of hydrogen-bond donors (Lipinski definition) is 3. The number of carbonyl (C=O) groups excluding carboxylic acids is 1. The third kappa shape index (κ3) is 4.54. The summed E-state index contributed by atoms with van der Waals surface area (Å²) >= 11 is 0. The van der Waals surface area contributed by atoms with E-state index < -0.39 is 0 Å². The number of imidazole rings is 1. The van der Waals surface area contributed by atoms with Gasteiger partial charge in [0.25, 0.3) is 0 Å². The molecule has 1 saturated heterocycles. The molecule has 0 bridgehead atoms. The minimum atomic E-state index is 0.00241. The van der Waals surface area contributed by atoms with E-state index in [2.05, 4.69) is 35.7 Å². The molecular formula is C24H25N7O. The number of aromatic amines is 1. The zero-order valence-corrected chi connectivity index (χ0v) is 17.7. The fourth-order valence-corrected chi connectivity index (χ4v) is 4.01. The predicted octanol–water partition coefficient (Wildman–Crippen LogP) is 3.63. The number of amides is 1. The van der Waals surface area contributed by atoms with Crippen LogP contribution in [0.5, 0.6) is 0 Å². The van der Waals surface area contributed by atoms with Crippen molar-refractivity contribution < 1.29 is 4.79 Å². The van der Waals surface area contributed by atoms with Crippen LogP contribution in [-0.4, -0.2) is 39.2 Å². The largest absolute Gasteiger partial charge is 0.355 e. The first-order valence-electron chi connectivity index (χ1n) is 10.9. The zero-order chi connectivity index (χ0) is 21.8. The second kappa shape index (κ2) is 9.05. The van der Waals surface area contributed by atoms with Crippen molar-refractivity contribution in [2.45, 2.75) is 19.4 Å². The van der Waals surface area contributed by atoms with Gasteiger partial charge in [0.15, 0.2) is 11.6 Å². The number of nitrogens with one attached hydrogen (secondary N) is 3. The maximum absolute atomic E-state index is 12.6. The third-order valence-corrected chi connectivity index (χ3v) is 5.75. The lowest BCUT2D eigenvalue weighted by molar-refractivity contribution is -0.125. The molecule has 1 amide bonds. The first-order chi connectivity index (χ1) is 15.7. The van der Waals surface area contributed by atoms with E-state index in [4.69, 9.17) is 0 Å². The fraction of sp³-hybridized carbons (Fsp3) is 0.250. The van der Waals surface area contributed by atoms with Crippen LogP contribution in [0.15, 0.2) is 66.7 Å². The number of para-hydroxylation sites is 3. The summed E-state index contributed by atoms with van der Waals surface area (Å²) in [5.74, 6) is 2.40. The fourth-order valence-electron chi connectivity index (χ4n) is 4.01. The number of hydrogen-bond acceptors (Lipinski definition) is 6. The molecule has 1 aliphatic heterocycles. The zero-order valence-electron chi connectivity index (χ0n) is 17.7. The third-order valence-electron chi connectivity index (χ3n) is 5.75. The van der Waals surface area contributed by atoms with E-state index in [0.717, 1.165) is 54.3 Å². The maximum Gasteiger partial charge on any atom is 0.223 e. The van der Waals surface area contributed by atoms with Crippen LogP contribution in [0.25, 0.3) is 11.0 Å². The van der Waals surface area contributed by atoms with Gasteiger partial charge in [-0.25, -0.2) is 4.98 Å². The van der Waals surface area contributed by atoms with Crippen LogP contribution in [0, 0.1) is 5.92 Å². The molecule has 5 rings (SSSR count). The summed E-state index contributed by atoms with van der Waals surface area (Å²) < 4.78 is 0. The van der Waals surface area contributed by atoms with Crippen molar-refractivity contribution in [2.24, 2.45) is 5.92 Å². The summed E-state index contributed by atoms with van der Waals surface area (Å²) in [5, 5.41) is 14.9. The summed E-state index contributed by atoms with van der Waals surface area (Å²) in [4.78, 5) is 22.6. The Morgan fingerprint density at radius 3 is 2.50 bits per heavy atom. The summed E-state index contributed by atoms with van der Waals surface area (Å²) in [6.45, 7) is 1.97. The first-order valence-corrected chi connectivity index (χ1v) is 10.9. The molecule has 0 spiro atoms. The van der Waals surface area contributed by atoms with E-state index >= 15 is 0 Å². The molecule has 162 valence electrons. The Balaban J connectivity index is 1.11. The van der Waals surface area contributed by atoms with Crippen molar-refractivity contribution >= 4 is 34.3 Å². The lowest BCUT2D eigenvalue weighted by Crippen LogP contribution is -2.40. The van der Waals surface area contributed by atoms with Gasteiger partial charge in [-0.1, -0.05) is 30.3 Å². The monoisotopic (exact) mass is 427 g/mol. The molecule has 4 aromatic rings. The molecule has 0 atom stereocenters. The average molecular weight is 428 g/mol. The molecule has 2 aromatic heterocycles. The lowest BCUT2D eigenvalue weighted by Gasteiger charge is -2.31. The highest BCUT2D eigenvalue weighted by Crippen LogP contribution is 2.23. The van der Waals surface area contributed by atoms with Crippen LogP contribution in [0.1, 0.15) is 18.7 Å². The molecule has 1 fully saturated rings. The van der Waals surface area contributed by atoms with Crippen molar-refractivity contribution in [1.82, 2.24) is 25.5 Å². The van der Waals surface area contributed by atoms with Crippen LogP contribution in [-0.2, 0) is 11.3 Å². The topological polar surface area (TPSA) is 98.8 Å². The Hall–Kier alpha value is -3.94. The highest BCUT2D eigenvalue weighted by Gasteiger charge is 2.25. The molecule has 32 heavy (non-hydrogen) atoms. The molecule has 3 N–H and O–H groups in total. The summed E-state index contributed by atoms with van der Waals surface area (Å²) in [6, 6.07) is 21.7. The first kappa shape index (κ1) is 20.0.